The van der Waals surface area contributed by atoms with Crippen LogP contribution in [0.4, 0.5) is 5.69 Å². The third-order valence-corrected chi connectivity index (χ3v) is 5.81. The van der Waals surface area contributed by atoms with Gasteiger partial charge in [-0.1, -0.05) is 24.2 Å². The van der Waals surface area contributed by atoms with E-state index in [1.54, 1.807) is 0 Å². The molecule has 1 aromatic heterocycles. The first-order valence-electron chi connectivity index (χ1n) is 8.87. The minimum absolute atomic E-state index is 0.0189. The Balaban J connectivity index is 1.43. The van der Waals surface area contributed by atoms with E-state index in [9.17, 15) is 4.79 Å². The van der Waals surface area contributed by atoms with E-state index in [1.807, 2.05) is 24.3 Å². The zero-order valence-electron chi connectivity index (χ0n) is 13.8. The molecule has 124 valence electrons. The van der Waals surface area contributed by atoms with Crippen molar-refractivity contribution in [3.63, 3.8) is 0 Å². The van der Waals surface area contributed by atoms with Gasteiger partial charge in [-0.2, -0.15) is 4.98 Å². The fourth-order valence-corrected chi connectivity index (χ4v) is 4.17. The topological polar surface area (TPSA) is 68.0 Å². The monoisotopic (exact) mass is 323 g/mol. The van der Waals surface area contributed by atoms with Crippen LogP contribution in [0.1, 0.15) is 44.9 Å². The van der Waals surface area contributed by atoms with Gasteiger partial charge in [-0.15, -0.1) is 0 Å². The van der Waals surface area contributed by atoms with Gasteiger partial charge in [0.1, 0.15) is 0 Å². The maximum Gasteiger partial charge on any atom is 0.232 e. The lowest BCUT2D eigenvalue weighted by Gasteiger charge is -2.20. The Morgan fingerprint density at radius 2 is 2.00 bits per heavy atom. The molecule has 0 spiro atoms. The first-order valence-corrected chi connectivity index (χ1v) is 8.87. The number of nitrogens with one attached hydrogen (secondary N) is 1. The van der Waals surface area contributed by atoms with Crippen molar-refractivity contribution in [2.75, 3.05) is 5.32 Å². The maximum absolute atomic E-state index is 12.1. The molecule has 3 saturated carbocycles. The molecule has 3 aliphatic rings. The van der Waals surface area contributed by atoms with Crippen molar-refractivity contribution in [2.24, 2.45) is 17.8 Å². The predicted molar refractivity (Wildman–Crippen MR) is 89.3 cm³/mol. The molecule has 2 aromatic rings. The largest absolute Gasteiger partial charge is 0.338 e. The second kappa shape index (κ2) is 4.91. The van der Waals surface area contributed by atoms with Gasteiger partial charge >= 0.3 is 0 Å². The molecule has 0 radical (unpaired) electrons. The van der Waals surface area contributed by atoms with Gasteiger partial charge in [0, 0.05) is 16.9 Å². The van der Waals surface area contributed by atoms with E-state index in [0.29, 0.717) is 5.82 Å². The van der Waals surface area contributed by atoms with Crippen molar-refractivity contribution in [3.8, 4) is 11.4 Å². The van der Waals surface area contributed by atoms with Crippen LogP contribution in [0.3, 0.4) is 0 Å². The predicted octanol–water partition coefficient (Wildman–Crippen LogP) is 3.77. The molecule has 2 unspecified atom stereocenters. The summed E-state index contributed by atoms with van der Waals surface area (Å²) in [4.78, 5) is 16.8. The standard InChI is InChI=1S/C19H21N3O2/c1-19(9-12-8-13(12)10-19)18-21-16(22-24-18)14-4-2-3-5-15(14)20-17(23)11-6-7-11/h2-5,11-13H,6-10H2,1H3,(H,20,23). The molecule has 1 N–H and O–H groups in total. The second-order valence-electron chi connectivity index (χ2n) is 7.96. The summed E-state index contributed by atoms with van der Waals surface area (Å²) in [5.41, 5.74) is 1.61. The number of anilines is 1. The number of nitrogens with zero attached hydrogens (tertiary/aromatic N) is 2. The average molecular weight is 323 g/mol. The highest BCUT2D eigenvalue weighted by atomic mass is 16.5. The number of para-hydroxylation sites is 1. The Kier molecular flexibility index (Phi) is 2.91. The van der Waals surface area contributed by atoms with E-state index in [-0.39, 0.29) is 17.2 Å². The number of amides is 1. The van der Waals surface area contributed by atoms with E-state index in [4.69, 9.17) is 4.52 Å². The molecule has 0 aliphatic heterocycles. The summed E-state index contributed by atoms with van der Waals surface area (Å²) in [6.07, 6.45) is 5.65. The van der Waals surface area contributed by atoms with Gasteiger partial charge in [-0.3, -0.25) is 4.79 Å². The highest BCUT2D eigenvalue weighted by Crippen LogP contribution is 2.60. The molecule has 1 aromatic carbocycles. The third-order valence-electron chi connectivity index (χ3n) is 5.81. The molecule has 5 heteroatoms. The zero-order chi connectivity index (χ0) is 16.3. The van der Waals surface area contributed by atoms with Gasteiger partial charge in [0.15, 0.2) is 0 Å². The van der Waals surface area contributed by atoms with Crippen LogP contribution < -0.4 is 5.32 Å². The molecule has 1 amide bonds. The van der Waals surface area contributed by atoms with Crippen molar-refractivity contribution in [2.45, 2.75) is 44.4 Å². The van der Waals surface area contributed by atoms with Gasteiger partial charge in [0.05, 0.1) is 5.69 Å². The van der Waals surface area contributed by atoms with E-state index in [0.717, 1.165) is 54.7 Å². The van der Waals surface area contributed by atoms with E-state index >= 15 is 0 Å². The molecule has 0 bridgehead atoms. The number of aromatic nitrogens is 2. The Bertz CT molecular complexity index is 798. The van der Waals surface area contributed by atoms with Crippen LogP contribution in [0.5, 0.6) is 0 Å². The van der Waals surface area contributed by atoms with Crippen LogP contribution in [-0.2, 0) is 10.2 Å². The lowest BCUT2D eigenvalue weighted by Crippen LogP contribution is -2.19. The Morgan fingerprint density at radius 1 is 1.25 bits per heavy atom. The van der Waals surface area contributed by atoms with Gasteiger partial charge in [-0.05, 0) is 56.1 Å². The summed E-state index contributed by atoms with van der Waals surface area (Å²) in [7, 11) is 0. The van der Waals surface area contributed by atoms with Crippen LogP contribution in [0.25, 0.3) is 11.4 Å². The van der Waals surface area contributed by atoms with Crippen LogP contribution in [0, 0.1) is 17.8 Å². The number of hydrogen-bond donors (Lipinski definition) is 1. The van der Waals surface area contributed by atoms with E-state index < -0.39 is 0 Å². The summed E-state index contributed by atoms with van der Waals surface area (Å²) in [6, 6.07) is 7.69. The summed E-state index contributed by atoms with van der Waals surface area (Å²) in [5, 5.41) is 7.22. The van der Waals surface area contributed by atoms with Gasteiger partial charge in [-0.25, -0.2) is 0 Å². The van der Waals surface area contributed by atoms with Gasteiger partial charge in [0.2, 0.25) is 17.6 Å². The van der Waals surface area contributed by atoms with Crippen molar-refractivity contribution < 1.29 is 9.32 Å². The number of carbonyl (C=O) groups excluding carboxylic acids is 1. The Morgan fingerprint density at radius 3 is 2.75 bits per heavy atom. The fourth-order valence-electron chi connectivity index (χ4n) is 4.17. The number of carbonyl (C=O) groups is 1. The normalized spacial score (nSPS) is 30.9. The minimum Gasteiger partial charge on any atom is -0.338 e. The molecule has 5 rings (SSSR count). The lowest BCUT2D eigenvalue weighted by molar-refractivity contribution is -0.117. The van der Waals surface area contributed by atoms with Crippen molar-refractivity contribution in [3.05, 3.63) is 30.2 Å². The molecule has 3 aliphatic carbocycles. The van der Waals surface area contributed by atoms with Crippen LogP contribution in [-0.4, -0.2) is 16.0 Å². The van der Waals surface area contributed by atoms with Crippen LogP contribution >= 0.6 is 0 Å². The molecular formula is C19H21N3O2. The van der Waals surface area contributed by atoms with Crippen molar-refractivity contribution in [1.82, 2.24) is 10.1 Å². The summed E-state index contributed by atoms with van der Waals surface area (Å²) >= 11 is 0. The van der Waals surface area contributed by atoms with Crippen LogP contribution in [0.2, 0.25) is 0 Å². The molecular weight excluding hydrogens is 302 g/mol. The number of rotatable bonds is 4. The smallest absolute Gasteiger partial charge is 0.232 e. The lowest BCUT2D eigenvalue weighted by atomic mass is 9.85. The van der Waals surface area contributed by atoms with Crippen LogP contribution in [0.15, 0.2) is 28.8 Å². The van der Waals surface area contributed by atoms with E-state index in [1.165, 1.54) is 6.42 Å². The minimum atomic E-state index is 0.0189. The third kappa shape index (κ3) is 2.34. The highest BCUT2D eigenvalue weighted by molar-refractivity contribution is 5.97. The van der Waals surface area contributed by atoms with Crippen molar-refractivity contribution >= 4 is 11.6 Å². The first-order chi connectivity index (χ1) is 11.6. The molecule has 3 fully saturated rings. The molecule has 24 heavy (non-hydrogen) atoms. The molecule has 2 atom stereocenters. The second-order valence-corrected chi connectivity index (χ2v) is 7.96. The molecule has 1 heterocycles. The van der Waals surface area contributed by atoms with E-state index in [2.05, 4.69) is 22.4 Å². The Labute approximate surface area is 140 Å². The number of fused-ring (bicyclic) bond motifs is 1. The number of hydrogen-bond acceptors (Lipinski definition) is 4. The number of benzene rings is 1. The maximum atomic E-state index is 12.1. The molecule has 5 nitrogen and oxygen atoms in total. The summed E-state index contributed by atoms with van der Waals surface area (Å²) < 4.78 is 5.62. The zero-order valence-corrected chi connectivity index (χ0v) is 13.8. The van der Waals surface area contributed by atoms with Gasteiger partial charge in [0.25, 0.3) is 0 Å². The average Bonchev–Trinajstić information content (AvgIpc) is 3.46. The molecule has 0 saturated heterocycles. The van der Waals surface area contributed by atoms with Gasteiger partial charge < -0.3 is 9.84 Å². The Hall–Kier alpha value is -2.17. The quantitative estimate of drug-likeness (QED) is 0.930. The SMILES string of the molecule is CC1(c2nc(-c3ccccc3NC(=O)C3CC3)no2)CC2CC2C1. The summed E-state index contributed by atoms with van der Waals surface area (Å²) in [5.74, 6) is 3.29. The van der Waals surface area contributed by atoms with Crippen molar-refractivity contribution in [1.29, 1.82) is 0 Å². The summed E-state index contributed by atoms with van der Waals surface area (Å²) in [6.45, 7) is 2.23. The highest BCUT2D eigenvalue weighted by Gasteiger charge is 2.54. The fraction of sp³-hybridized carbons (Fsp3) is 0.526. The first kappa shape index (κ1) is 14.2.